The number of rotatable bonds is 14. The molecule has 0 heterocycles. The van der Waals surface area contributed by atoms with Crippen molar-refractivity contribution < 1.29 is 19.2 Å². The molecule has 1 aromatic carbocycles. The van der Waals surface area contributed by atoms with Crippen LogP contribution in [0.3, 0.4) is 0 Å². The zero-order chi connectivity index (χ0) is 28.4. The lowest BCUT2D eigenvalue weighted by Crippen LogP contribution is -2.45. The summed E-state index contributed by atoms with van der Waals surface area (Å²) in [5.41, 5.74) is 1.78. The number of carbonyl (C=O) groups excluding carboxylic acids is 4. The third kappa shape index (κ3) is 13.0. The van der Waals surface area contributed by atoms with Gasteiger partial charge in [-0.15, -0.1) is 0 Å². The minimum absolute atomic E-state index is 0.0615. The number of carbonyl (C=O) groups is 4. The normalized spacial score (nSPS) is 13.7. The van der Waals surface area contributed by atoms with E-state index in [2.05, 4.69) is 31.4 Å². The van der Waals surface area contributed by atoms with Gasteiger partial charge in [0.05, 0.1) is 6.04 Å². The van der Waals surface area contributed by atoms with E-state index >= 15 is 0 Å². The van der Waals surface area contributed by atoms with Crippen LogP contribution in [0.1, 0.15) is 106 Å². The molecular formula is C31H50N2O4. The lowest BCUT2D eigenvalue weighted by Gasteiger charge is -2.23. The van der Waals surface area contributed by atoms with Gasteiger partial charge in [0.25, 0.3) is 0 Å². The Bertz CT molecular complexity index is 905. The van der Waals surface area contributed by atoms with Gasteiger partial charge in [-0.1, -0.05) is 80.9 Å². The largest absolute Gasteiger partial charge is 0.346 e. The Labute approximate surface area is 224 Å². The molecular weight excluding hydrogens is 464 g/mol. The Balaban J connectivity index is 2.52. The molecule has 0 aliphatic rings. The standard InChI is InChI=1S/C31H50N2O4/c1-21(2)28(33-27(36)14-12-10-11-13-26(35)31(7,8)9)25(34)19-22(3)29(37)32-24-17-15-23(16-18-24)20-30(4,5)6/h15-18,21-22,28H,10-14,19-20H2,1-9H3,(H,32,37)(H,33,36)/t22-,28+/m1/s1. The summed E-state index contributed by atoms with van der Waals surface area (Å²) in [6, 6.07) is 7.20. The maximum atomic E-state index is 13.0. The summed E-state index contributed by atoms with van der Waals surface area (Å²) in [6.45, 7) is 17.8. The average molecular weight is 515 g/mol. The van der Waals surface area contributed by atoms with E-state index in [0.29, 0.717) is 24.9 Å². The molecule has 0 saturated carbocycles. The number of nitrogens with one attached hydrogen (secondary N) is 2. The zero-order valence-corrected chi connectivity index (χ0v) is 24.6. The minimum Gasteiger partial charge on any atom is -0.346 e. The van der Waals surface area contributed by atoms with Crippen LogP contribution >= 0.6 is 0 Å². The van der Waals surface area contributed by atoms with Crippen molar-refractivity contribution in [3.05, 3.63) is 29.8 Å². The summed E-state index contributed by atoms with van der Waals surface area (Å²) >= 11 is 0. The molecule has 0 bridgehead atoms. The van der Waals surface area contributed by atoms with Gasteiger partial charge in [-0.2, -0.15) is 0 Å². The van der Waals surface area contributed by atoms with E-state index in [1.165, 1.54) is 5.56 Å². The van der Waals surface area contributed by atoms with Crippen molar-refractivity contribution in [1.29, 1.82) is 0 Å². The number of hydrogen-bond acceptors (Lipinski definition) is 4. The van der Waals surface area contributed by atoms with E-state index in [-0.39, 0.29) is 46.5 Å². The van der Waals surface area contributed by atoms with Gasteiger partial charge in [0, 0.05) is 36.3 Å². The summed E-state index contributed by atoms with van der Waals surface area (Å²) in [5.74, 6) is -0.871. The van der Waals surface area contributed by atoms with Crippen LogP contribution in [0.15, 0.2) is 24.3 Å². The molecule has 0 aliphatic carbocycles. The summed E-state index contributed by atoms with van der Waals surface area (Å²) in [5, 5.41) is 5.77. The molecule has 0 aromatic heterocycles. The second-order valence-electron chi connectivity index (χ2n) is 13.0. The summed E-state index contributed by atoms with van der Waals surface area (Å²) in [4.78, 5) is 50.2. The first-order chi connectivity index (χ1) is 17.0. The van der Waals surface area contributed by atoms with Gasteiger partial charge >= 0.3 is 0 Å². The lowest BCUT2D eigenvalue weighted by molar-refractivity contribution is -0.130. The average Bonchev–Trinajstić information content (AvgIpc) is 2.76. The summed E-state index contributed by atoms with van der Waals surface area (Å²) in [7, 11) is 0. The van der Waals surface area contributed by atoms with E-state index < -0.39 is 12.0 Å². The van der Waals surface area contributed by atoms with Gasteiger partial charge in [-0.25, -0.2) is 0 Å². The van der Waals surface area contributed by atoms with Gasteiger partial charge in [-0.3, -0.25) is 19.2 Å². The maximum Gasteiger partial charge on any atom is 0.227 e. The highest BCUT2D eigenvalue weighted by atomic mass is 16.2. The molecule has 0 fully saturated rings. The maximum absolute atomic E-state index is 13.0. The Morgan fingerprint density at radius 2 is 1.38 bits per heavy atom. The quantitative estimate of drug-likeness (QED) is 0.277. The van der Waals surface area contributed by atoms with Gasteiger partial charge in [0.15, 0.2) is 5.78 Å². The number of amides is 2. The number of Topliss-reactive ketones (excluding diaryl/α,β-unsaturated/α-hetero) is 2. The summed E-state index contributed by atoms with van der Waals surface area (Å²) < 4.78 is 0. The molecule has 0 unspecified atom stereocenters. The van der Waals surface area contributed by atoms with Crippen molar-refractivity contribution in [1.82, 2.24) is 5.32 Å². The van der Waals surface area contributed by atoms with Crippen LogP contribution in [0.2, 0.25) is 0 Å². The van der Waals surface area contributed by atoms with Crippen molar-refractivity contribution in [2.45, 2.75) is 113 Å². The molecule has 0 radical (unpaired) electrons. The molecule has 2 N–H and O–H groups in total. The third-order valence-corrected chi connectivity index (χ3v) is 6.39. The van der Waals surface area contributed by atoms with Crippen LogP contribution in [0.5, 0.6) is 0 Å². The molecule has 1 aromatic rings. The topological polar surface area (TPSA) is 92.3 Å². The molecule has 2 amide bonds. The molecule has 0 spiro atoms. The smallest absolute Gasteiger partial charge is 0.227 e. The number of hydrogen-bond donors (Lipinski definition) is 2. The molecule has 37 heavy (non-hydrogen) atoms. The molecule has 0 aliphatic heterocycles. The van der Waals surface area contributed by atoms with Crippen LogP contribution in [0.4, 0.5) is 5.69 Å². The first-order valence-electron chi connectivity index (χ1n) is 13.7. The Kier molecular flexibility index (Phi) is 12.7. The van der Waals surface area contributed by atoms with Crippen LogP contribution in [0, 0.1) is 22.7 Å². The third-order valence-electron chi connectivity index (χ3n) is 6.39. The van der Waals surface area contributed by atoms with Gasteiger partial charge in [0.1, 0.15) is 5.78 Å². The summed E-state index contributed by atoms with van der Waals surface area (Å²) in [6.07, 6.45) is 4.10. The molecule has 0 saturated heterocycles. The zero-order valence-electron chi connectivity index (χ0n) is 24.6. The highest BCUT2D eigenvalue weighted by Gasteiger charge is 2.27. The SMILES string of the molecule is CC(C)[C@H](NC(=O)CCCCCC(=O)C(C)(C)C)C(=O)C[C@@H](C)C(=O)Nc1ccc(CC(C)(C)C)cc1. The first kappa shape index (κ1) is 32.5. The van der Waals surface area contributed by atoms with E-state index in [1.807, 2.05) is 58.9 Å². The van der Waals surface area contributed by atoms with E-state index in [4.69, 9.17) is 0 Å². The fourth-order valence-electron chi connectivity index (χ4n) is 4.09. The van der Waals surface area contributed by atoms with Gasteiger partial charge in [0.2, 0.25) is 11.8 Å². The Morgan fingerprint density at radius 1 is 0.811 bits per heavy atom. The van der Waals surface area contributed by atoms with E-state index in [0.717, 1.165) is 19.3 Å². The predicted molar refractivity (Wildman–Crippen MR) is 151 cm³/mol. The fraction of sp³-hybridized carbons (Fsp3) is 0.677. The van der Waals surface area contributed by atoms with Crippen LogP contribution in [0.25, 0.3) is 0 Å². The minimum atomic E-state index is -0.623. The highest BCUT2D eigenvalue weighted by Crippen LogP contribution is 2.22. The molecule has 6 heteroatoms. The number of benzene rings is 1. The second-order valence-corrected chi connectivity index (χ2v) is 13.0. The monoisotopic (exact) mass is 514 g/mol. The van der Waals surface area contributed by atoms with Crippen LogP contribution in [-0.2, 0) is 25.6 Å². The highest BCUT2D eigenvalue weighted by molar-refractivity contribution is 5.97. The van der Waals surface area contributed by atoms with Gasteiger partial charge < -0.3 is 10.6 Å². The van der Waals surface area contributed by atoms with Crippen molar-refractivity contribution in [3.8, 4) is 0 Å². The number of unbranched alkanes of at least 4 members (excludes halogenated alkanes) is 2. The number of anilines is 1. The molecule has 1 rings (SSSR count). The van der Waals surface area contributed by atoms with Crippen molar-refractivity contribution in [2.75, 3.05) is 5.32 Å². The van der Waals surface area contributed by atoms with Crippen LogP contribution in [-0.4, -0.2) is 29.4 Å². The molecule has 208 valence electrons. The lowest BCUT2D eigenvalue weighted by atomic mass is 9.88. The molecule has 6 nitrogen and oxygen atoms in total. The number of ketones is 2. The van der Waals surface area contributed by atoms with Crippen molar-refractivity contribution in [2.24, 2.45) is 22.7 Å². The Hall–Kier alpha value is -2.50. The predicted octanol–water partition coefficient (Wildman–Crippen LogP) is 6.52. The fourth-order valence-corrected chi connectivity index (χ4v) is 4.09. The van der Waals surface area contributed by atoms with Gasteiger partial charge in [-0.05, 0) is 48.3 Å². The van der Waals surface area contributed by atoms with E-state index in [1.54, 1.807) is 6.92 Å². The van der Waals surface area contributed by atoms with Crippen molar-refractivity contribution in [3.63, 3.8) is 0 Å². The van der Waals surface area contributed by atoms with Crippen molar-refractivity contribution >= 4 is 29.1 Å². The van der Waals surface area contributed by atoms with E-state index in [9.17, 15) is 19.2 Å². The van der Waals surface area contributed by atoms with Crippen LogP contribution < -0.4 is 10.6 Å². The molecule has 2 atom stereocenters. The second kappa shape index (κ2) is 14.4. The first-order valence-corrected chi connectivity index (χ1v) is 13.7. The Morgan fingerprint density at radius 3 is 1.89 bits per heavy atom.